The lowest BCUT2D eigenvalue weighted by Gasteiger charge is -2.08. The van der Waals surface area contributed by atoms with Crippen LogP contribution in [0.15, 0.2) is 60.8 Å². The largest absolute Gasteiger partial charge is 0.468 e. The monoisotopic (exact) mass is 369 g/mol. The number of esters is 1. The van der Waals surface area contributed by atoms with Gasteiger partial charge >= 0.3 is 5.97 Å². The van der Waals surface area contributed by atoms with Gasteiger partial charge in [0.25, 0.3) is 0 Å². The number of aromatic nitrogens is 2. The molecule has 26 heavy (non-hydrogen) atoms. The summed E-state index contributed by atoms with van der Waals surface area (Å²) in [6, 6.07) is 16.8. The van der Waals surface area contributed by atoms with Crippen molar-refractivity contribution in [2.24, 2.45) is 5.73 Å². The van der Waals surface area contributed by atoms with Crippen LogP contribution in [-0.2, 0) is 22.5 Å². The van der Waals surface area contributed by atoms with Crippen molar-refractivity contribution in [3.63, 3.8) is 0 Å². The molecule has 1 aromatic heterocycles. The van der Waals surface area contributed by atoms with Crippen molar-refractivity contribution >= 4 is 17.6 Å². The fourth-order valence-electron chi connectivity index (χ4n) is 2.78. The average molecular weight is 370 g/mol. The molecule has 0 fully saturated rings. The summed E-state index contributed by atoms with van der Waals surface area (Å²) in [6.45, 7) is 0.602. The summed E-state index contributed by atoms with van der Waals surface area (Å²) in [5.41, 5.74) is 9.75. The molecule has 3 aromatic rings. The Morgan fingerprint density at radius 3 is 2.54 bits per heavy atom. The molecule has 1 heterocycles. The second-order valence-corrected chi connectivity index (χ2v) is 6.46. The molecule has 134 valence electrons. The summed E-state index contributed by atoms with van der Waals surface area (Å²) in [7, 11) is 1.34. The molecule has 0 spiro atoms. The van der Waals surface area contributed by atoms with Gasteiger partial charge in [-0.15, -0.1) is 0 Å². The van der Waals surface area contributed by atoms with E-state index in [2.05, 4.69) is 0 Å². The summed E-state index contributed by atoms with van der Waals surface area (Å²) in [4.78, 5) is 11.7. The lowest BCUT2D eigenvalue weighted by atomic mass is 10.0. The Morgan fingerprint density at radius 2 is 1.88 bits per heavy atom. The number of benzene rings is 2. The summed E-state index contributed by atoms with van der Waals surface area (Å²) in [5.74, 6) is -0.436. The summed E-state index contributed by atoms with van der Waals surface area (Å²) >= 11 is 5.94. The number of nitrogens with two attached hydrogens (primary N) is 1. The van der Waals surface area contributed by atoms with Gasteiger partial charge in [0.2, 0.25) is 0 Å². The van der Waals surface area contributed by atoms with Crippen LogP contribution >= 0.6 is 11.6 Å². The summed E-state index contributed by atoms with van der Waals surface area (Å²) in [5, 5.41) is 5.41. The molecule has 0 aliphatic rings. The van der Waals surface area contributed by atoms with E-state index < -0.39 is 12.0 Å². The van der Waals surface area contributed by atoms with Gasteiger partial charge in [-0.25, -0.2) is 0 Å². The van der Waals surface area contributed by atoms with Crippen LogP contribution in [0.5, 0.6) is 0 Å². The Kier molecular flexibility index (Phi) is 5.71. The van der Waals surface area contributed by atoms with Crippen molar-refractivity contribution in [2.75, 3.05) is 7.11 Å². The lowest BCUT2D eigenvalue weighted by molar-refractivity contribution is -0.142. The van der Waals surface area contributed by atoms with Crippen LogP contribution in [0.25, 0.3) is 11.3 Å². The van der Waals surface area contributed by atoms with E-state index in [1.54, 1.807) is 0 Å². The number of rotatable bonds is 6. The second-order valence-electron chi connectivity index (χ2n) is 6.03. The average Bonchev–Trinajstić information content (AvgIpc) is 3.05. The molecule has 6 heteroatoms. The normalized spacial score (nSPS) is 12.0. The third-order valence-electron chi connectivity index (χ3n) is 4.09. The highest BCUT2D eigenvalue weighted by atomic mass is 35.5. The van der Waals surface area contributed by atoms with Crippen LogP contribution in [0.4, 0.5) is 0 Å². The Bertz CT molecular complexity index is 876. The molecular weight excluding hydrogens is 350 g/mol. The van der Waals surface area contributed by atoms with E-state index in [-0.39, 0.29) is 0 Å². The first kappa shape index (κ1) is 18.2. The smallest absolute Gasteiger partial charge is 0.322 e. The number of hydrogen-bond donors (Lipinski definition) is 1. The van der Waals surface area contributed by atoms with Crippen LogP contribution in [0.2, 0.25) is 5.02 Å². The number of methoxy groups -OCH3 is 1. The number of hydrogen-bond acceptors (Lipinski definition) is 4. The Morgan fingerprint density at radius 1 is 1.19 bits per heavy atom. The minimum Gasteiger partial charge on any atom is -0.468 e. The van der Waals surface area contributed by atoms with Crippen LogP contribution in [-0.4, -0.2) is 28.9 Å². The van der Waals surface area contributed by atoms with Crippen molar-refractivity contribution in [1.82, 2.24) is 9.78 Å². The minimum atomic E-state index is -0.726. The van der Waals surface area contributed by atoms with Gasteiger partial charge in [-0.05, 0) is 17.7 Å². The lowest BCUT2D eigenvalue weighted by Crippen LogP contribution is -2.33. The first-order valence-electron chi connectivity index (χ1n) is 8.26. The molecule has 2 N–H and O–H groups in total. The molecule has 0 aliphatic carbocycles. The van der Waals surface area contributed by atoms with Crippen LogP contribution < -0.4 is 5.73 Å². The molecule has 0 bridgehead atoms. The molecule has 2 aromatic carbocycles. The fraction of sp³-hybridized carbons (Fsp3) is 0.200. The molecule has 0 amide bonds. The summed E-state index contributed by atoms with van der Waals surface area (Å²) < 4.78 is 6.59. The molecule has 1 unspecified atom stereocenters. The number of carbonyl (C=O) groups is 1. The predicted molar refractivity (Wildman–Crippen MR) is 102 cm³/mol. The van der Waals surface area contributed by atoms with E-state index >= 15 is 0 Å². The highest BCUT2D eigenvalue weighted by Crippen LogP contribution is 2.23. The van der Waals surface area contributed by atoms with E-state index in [0.717, 1.165) is 22.4 Å². The van der Waals surface area contributed by atoms with Gasteiger partial charge in [-0.2, -0.15) is 5.10 Å². The van der Waals surface area contributed by atoms with Gasteiger partial charge < -0.3 is 10.5 Å². The Labute approximate surface area is 157 Å². The highest BCUT2D eigenvalue weighted by molar-refractivity contribution is 6.30. The van der Waals surface area contributed by atoms with Crippen molar-refractivity contribution in [3.8, 4) is 11.3 Å². The van der Waals surface area contributed by atoms with Crippen molar-refractivity contribution in [1.29, 1.82) is 0 Å². The van der Waals surface area contributed by atoms with Gasteiger partial charge in [-0.3, -0.25) is 9.48 Å². The molecule has 0 aliphatic heterocycles. The van der Waals surface area contributed by atoms with Crippen LogP contribution in [0.3, 0.4) is 0 Å². The van der Waals surface area contributed by atoms with Crippen LogP contribution in [0.1, 0.15) is 11.1 Å². The zero-order valence-electron chi connectivity index (χ0n) is 14.4. The van der Waals surface area contributed by atoms with E-state index in [1.165, 1.54) is 7.11 Å². The molecule has 5 nitrogen and oxygen atoms in total. The zero-order chi connectivity index (χ0) is 18.5. The van der Waals surface area contributed by atoms with Crippen LogP contribution in [0, 0.1) is 0 Å². The second kappa shape index (κ2) is 8.17. The molecule has 0 radical (unpaired) electrons. The first-order chi connectivity index (χ1) is 12.6. The molecule has 3 rings (SSSR count). The highest BCUT2D eigenvalue weighted by Gasteiger charge is 2.19. The van der Waals surface area contributed by atoms with Gasteiger partial charge in [0.05, 0.1) is 19.3 Å². The predicted octanol–water partition coefficient (Wildman–Crippen LogP) is 3.29. The topological polar surface area (TPSA) is 70.1 Å². The van der Waals surface area contributed by atoms with E-state index in [4.69, 9.17) is 27.2 Å². The quantitative estimate of drug-likeness (QED) is 0.677. The van der Waals surface area contributed by atoms with Crippen molar-refractivity contribution in [2.45, 2.75) is 19.0 Å². The SMILES string of the molecule is COC(=O)C(N)Cc1cn(Cc2ccc(Cl)cc2)nc1-c1ccccc1. The fourth-order valence-corrected chi connectivity index (χ4v) is 2.91. The minimum absolute atomic E-state index is 0.359. The van der Waals surface area contributed by atoms with Gasteiger partial charge in [0.15, 0.2) is 0 Å². The molecular formula is C20H20ClN3O2. The number of carbonyl (C=O) groups excluding carboxylic acids is 1. The maximum atomic E-state index is 11.7. The number of ether oxygens (including phenoxy) is 1. The maximum Gasteiger partial charge on any atom is 0.322 e. The third-order valence-corrected chi connectivity index (χ3v) is 4.34. The molecule has 0 saturated heterocycles. The number of halogens is 1. The zero-order valence-corrected chi connectivity index (χ0v) is 15.2. The van der Waals surface area contributed by atoms with Crippen molar-refractivity contribution < 1.29 is 9.53 Å². The third kappa shape index (κ3) is 4.31. The Balaban J connectivity index is 1.91. The van der Waals surface area contributed by atoms with Gasteiger partial charge in [0.1, 0.15) is 6.04 Å². The van der Waals surface area contributed by atoms with Gasteiger partial charge in [-0.1, -0.05) is 54.1 Å². The van der Waals surface area contributed by atoms with Gasteiger partial charge in [0, 0.05) is 28.8 Å². The molecule has 1 atom stereocenters. The summed E-state index contributed by atoms with van der Waals surface area (Å²) in [6.07, 6.45) is 2.29. The van der Waals surface area contributed by atoms with E-state index in [9.17, 15) is 4.79 Å². The maximum absolute atomic E-state index is 11.7. The first-order valence-corrected chi connectivity index (χ1v) is 8.64. The van der Waals surface area contributed by atoms with Crippen molar-refractivity contribution in [3.05, 3.63) is 76.9 Å². The standard InChI is InChI=1S/C20H20ClN3O2/c1-26-20(25)18(22)11-16-13-24(12-14-7-9-17(21)10-8-14)23-19(16)15-5-3-2-4-6-15/h2-10,13,18H,11-12,22H2,1H3. The van der Waals surface area contributed by atoms with E-state index in [1.807, 2.05) is 65.5 Å². The van der Waals surface area contributed by atoms with E-state index in [0.29, 0.717) is 18.0 Å². The molecule has 0 saturated carbocycles. The Hall–Kier alpha value is -2.63. The number of nitrogens with zero attached hydrogens (tertiary/aromatic N) is 2.